The second-order valence-corrected chi connectivity index (χ2v) is 4.14. The lowest BCUT2D eigenvalue weighted by molar-refractivity contribution is -0.157. The van der Waals surface area contributed by atoms with Crippen LogP contribution in [0.15, 0.2) is 18.2 Å². The van der Waals surface area contributed by atoms with Crippen LogP contribution in [-0.2, 0) is 14.3 Å². The molecule has 0 saturated carbocycles. The third kappa shape index (κ3) is 2.83. The highest BCUT2D eigenvalue weighted by Gasteiger charge is 2.28. The van der Waals surface area contributed by atoms with E-state index in [9.17, 15) is 18.8 Å². The van der Waals surface area contributed by atoms with Gasteiger partial charge >= 0.3 is 0 Å². The first-order valence-corrected chi connectivity index (χ1v) is 5.80. The summed E-state index contributed by atoms with van der Waals surface area (Å²) in [6, 6.07) is 3.70. The van der Waals surface area contributed by atoms with Crippen LogP contribution in [0.4, 0.5) is 4.39 Å². The molecule has 0 aromatic heterocycles. The largest absolute Gasteiger partial charge is 0.494 e. The summed E-state index contributed by atoms with van der Waals surface area (Å²) in [6.07, 6.45) is 0. The van der Waals surface area contributed by atoms with Crippen molar-refractivity contribution in [2.45, 2.75) is 0 Å². The van der Waals surface area contributed by atoms with Crippen LogP contribution in [0.5, 0.6) is 5.75 Å². The Morgan fingerprint density at radius 3 is 2.55 bits per heavy atom. The summed E-state index contributed by atoms with van der Waals surface area (Å²) in [6.45, 7) is -0.904. The third-order valence-electron chi connectivity index (χ3n) is 2.83. The summed E-state index contributed by atoms with van der Waals surface area (Å²) in [4.78, 5) is 35.7. The molecule has 0 radical (unpaired) electrons. The average molecular weight is 281 g/mol. The van der Waals surface area contributed by atoms with Crippen LogP contribution in [-0.4, -0.2) is 49.4 Å². The van der Waals surface area contributed by atoms with Crippen molar-refractivity contribution < 1.29 is 28.2 Å². The van der Waals surface area contributed by atoms with Gasteiger partial charge in [0.2, 0.25) is 0 Å². The van der Waals surface area contributed by atoms with Crippen LogP contribution < -0.4 is 4.74 Å². The van der Waals surface area contributed by atoms with E-state index in [1.54, 1.807) is 0 Å². The highest BCUT2D eigenvalue weighted by atomic mass is 19.1. The summed E-state index contributed by atoms with van der Waals surface area (Å²) < 4.78 is 23.0. The lowest BCUT2D eigenvalue weighted by Crippen LogP contribution is -2.48. The minimum atomic E-state index is -0.682. The van der Waals surface area contributed by atoms with Crippen molar-refractivity contribution >= 4 is 17.6 Å². The highest BCUT2D eigenvalue weighted by Crippen LogP contribution is 2.18. The summed E-state index contributed by atoms with van der Waals surface area (Å²) in [5.41, 5.74) is 0.0652. The van der Waals surface area contributed by atoms with E-state index in [1.165, 1.54) is 19.2 Å². The van der Waals surface area contributed by atoms with Crippen LogP contribution in [0.3, 0.4) is 0 Å². The Balaban J connectivity index is 2.13. The molecule has 6 nitrogen and oxygen atoms in total. The molecule has 0 atom stereocenters. The first-order chi connectivity index (χ1) is 9.52. The topological polar surface area (TPSA) is 72.9 Å². The van der Waals surface area contributed by atoms with E-state index >= 15 is 0 Å². The van der Waals surface area contributed by atoms with Crippen molar-refractivity contribution in [2.24, 2.45) is 0 Å². The number of hydrogen-bond acceptors (Lipinski definition) is 5. The molecule has 1 aliphatic rings. The van der Waals surface area contributed by atoms with Crippen molar-refractivity contribution in [1.82, 2.24) is 4.90 Å². The summed E-state index contributed by atoms with van der Waals surface area (Å²) in [5.74, 6) is -2.36. The van der Waals surface area contributed by atoms with E-state index < -0.39 is 30.0 Å². The maximum Gasteiger partial charge on any atom is 0.255 e. The molecule has 2 amide bonds. The first kappa shape index (κ1) is 14.1. The van der Waals surface area contributed by atoms with Crippen molar-refractivity contribution in [2.75, 3.05) is 26.9 Å². The number of ketones is 1. The number of imide groups is 1. The molecule has 0 aliphatic carbocycles. The van der Waals surface area contributed by atoms with Gasteiger partial charge in [0, 0.05) is 5.56 Å². The Kier molecular flexibility index (Phi) is 4.09. The Hall–Kier alpha value is -2.28. The summed E-state index contributed by atoms with van der Waals surface area (Å²) in [7, 11) is 1.31. The minimum absolute atomic E-state index is 0.0140. The van der Waals surface area contributed by atoms with E-state index in [4.69, 9.17) is 9.47 Å². The van der Waals surface area contributed by atoms with E-state index in [0.29, 0.717) is 0 Å². The number of Topliss-reactive ketones (excluding diaryl/α,β-unsaturated/α-hetero) is 1. The molecule has 1 heterocycles. The maximum atomic E-state index is 13.5. The SMILES string of the molecule is COc1ccc(C(=O)CN2C(=O)COCC2=O)cc1F. The first-order valence-electron chi connectivity index (χ1n) is 5.80. The fraction of sp³-hybridized carbons (Fsp3) is 0.308. The van der Waals surface area contributed by atoms with Crippen LogP contribution in [0.1, 0.15) is 10.4 Å². The van der Waals surface area contributed by atoms with Gasteiger partial charge in [0.1, 0.15) is 13.2 Å². The molecule has 0 N–H and O–H groups in total. The van der Waals surface area contributed by atoms with Gasteiger partial charge in [-0.1, -0.05) is 0 Å². The molecular formula is C13H12FNO5. The third-order valence-corrected chi connectivity index (χ3v) is 2.83. The van der Waals surface area contributed by atoms with Crippen molar-refractivity contribution in [3.63, 3.8) is 0 Å². The van der Waals surface area contributed by atoms with Gasteiger partial charge in [-0.2, -0.15) is 0 Å². The molecule has 2 rings (SSSR count). The van der Waals surface area contributed by atoms with Crippen molar-refractivity contribution in [3.05, 3.63) is 29.6 Å². The predicted molar refractivity (Wildman–Crippen MR) is 64.8 cm³/mol. The van der Waals surface area contributed by atoms with Crippen LogP contribution in [0, 0.1) is 5.82 Å². The highest BCUT2D eigenvalue weighted by molar-refractivity contribution is 6.05. The quantitative estimate of drug-likeness (QED) is 0.590. The second kappa shape index (κ2) is 5.79. The van der Waals surface area contributed by atoms with E-state index in [-0.39, 0.29) is 24.5 Å². The number of ether oxygens (including phenoxy) is 2. The Morgan fingerprint density at radius 1 is 1.35 bits per heavy atom. The lowest BCUT2D eigenvalue weighted by atomic mass is 10.1. The number of halogens is 1. The molecule has 1 aliphatic heterocycles. The standard InChI is InChI=1S/C13H12FNO5/c1-19-11-3-2-8(4-9(11)14)10(16)5-15-12(17)6-20-7-13(15)18/h2-4H,5-7H2,1H3. The Labute approximate surface area is 114 Å². The maximum absolute atomic E-state index is 13.5. The number of nitrogens with zero attached hydrogens (tertiary/aromatic N) is 1. The van der Waals surface area contributed by atoms with Gasteiger partial charge in [0.05, 0.1) is 13.7 Å². The van der Waals surface area contributed by atoms with Crippen molar-refractivity contribution in [1.29, 1.82) is 0 Å². The minimum Gasteiger partial charge on any atom is -0.494 e. The zero-order chi connectivity index (χ0) is 14.7. The monoisotopic (exact) mass is 281 g/mol. The molecule has 1 aromatic rings. The number of rotatable bonds is 4. The number of methoxy groups -OCH3 is 1. The number of carbonyl (C=O) groups excluding carboxylic acids is 3. The van der Waals surface area contributed by atoms with Crippen molar-refractivity contribution in [3.8, 4) is 5.75 Å². The van der Waals surface area contributed by atoms with E-state index in [0.717, 1.165) is 11.0 Å². The molecule has 20 heavy (non-hydrogen) atoms. The smallest absolute Gasteiger partial charge is 0.255 e. The van der Waals surface area contributed by atoms with Gasteiger partial charge in [0.25, 0.3) is 11.8 Å². The van der Waals surface area contributed by atoms with E-state index in [2.05, 4.69) is 0 Å². The number of amides is 2. The average Bonchev–Trinajstić information content (AvgIpc) is 2.42. The van der Waals surface area contributed by atoms with Gasteiger partial charge in [-0.05, 0) is 18.2 Å². The summed E-state index contributed by atoms with van der Waals surface area (Å²) >= 11 is 0. The van der Waals surface area contributed by atoms with Gasteiger partial charge in [-0.25, -0.2) is 4.39 Å². The molecular weight excluding hydrogens is 269 g/mol. The number of benzene rings is 1. The fourth-order valence-electron chi connectivity index (χ4n) is 1.77. The normalized spacial score (nSPS) is 15.4. The Bertz CT molecular complexity index is 556. The second-order valence-electron chi connectivity index (χ2n) is 4.14. The zero-order valence-corrected chi connectivity index (χ0v) is 10.7. The molecule has 1 aromatic carbocycles. The van der Waals surface area contributed by atoms with Crippen LogP contribution >= 0.6 is 0 Å². The van der Waals surface area contributed by atoms with Gasteiger partial charge < -0.3 is 9.47 Å². The lowest BCUT2D eigenvalue weighted by Gasteiger charge is -2.24. The molecule has 106 valence electrons. The molecule has 0 unspecified atom stereocenters. The predicted octanol–water partition coefficient (Wildman–Crippen LogP) is 0.402. The number of carbonyl (C=O) groups is 3. The van der Waals surface area contributed by atoms with E-state index in [1.807, 2.05) is 0 Å². The molecule has 0 bridgehead atoms. The van der Waals surface area contributed by atoms with Gasteiger partial charge in [-0.15, -0.1) is 0 Å². The number of morpholine rings is 1. The molecule has 1 saturated heterocycles. The number of hydrogen-bond donors (Lipinski definition) is 0. The molecule has 0 spiro atoms. The fourth-order valence-corrected chi connectivity index (χ4v) is 1.77. The van der Waals surface area contributed by atoms with Gasteiger partial charge in [-0.3, -0.25) is 19.3 Å². The Morgan fingerprint density at radius 2 is 2.00 bits per heavy atom. The van der Waals surface area contributed by atoms with Gasteiger partial charge in [0.15, 0.2) is 17.3 Å². The molecule has 1 fully saturated rings. The van der Waals surface area contributed by atoms with Crippen LogP contribution in [0.2, 0.25) is 0 Å². The molecule has 7 heteroatoms. The van der Waals surface area contributed by atoms with Crippen LogP contribution in [0.25, 0.3) is 0 Å². The summed E-state index contributed by atoms with van der Waals surface area (Å²) in [5, 5.41) is 0. The zero-order valence-electron chi connectivity index (χ0n) is 10.7.